The second-order valence-electron chi connectivity index (χ2n) is 4.58. The predicted molar refractivity (Wildman–Crippen MR) is 94.2 cm³/mol. The van der Waals surface area contributed by atoms with E-state index in [9.17, 15) is 9.59 Å². The molecule has 0 unspecified atom stereocenters. The van der Waals surface area contributed by atoms with Crippen LogP contribution in [0.4, 0.5) is 4.79 Å². The van der Waals surface area contributed by atoms with Crippen molar-refractivity contribution in [3.05, 3.63) is 63.0 Å². The van der Waals surface area contributed by atoms with E-state index in [1.54, 1.807) is 18.2 Å². The Hall–Kier alpha value is -1.86. The van der Waals surface area contributed by atoms with Gasteiger partial charge in [0.05, 0.1) is 4.47 Å². The molecular formula is C16H14Br2N2O3. The fourth-order valence-electron chi connectivity index (χ4n) is 1.72. The standard InChI is InChI=1S/C16H14Br2N2O3/c17-12-6-7-14(13(18)8-12)23-10-15(21)20-16(22)19-9-11-4-2-1-3-5-11/h1-8H,9-10H2,(H2,19,20,21,22). The molecule has 5 nitrogen and oxygen atoms in total. The van der Waals surface area contributed by atoms with Crippen molar-refractivity contribution in [3.8, 4) is 5.75 Å². The Morgan fingerprint density at radius 3 is 2.48 bits per heavy atom. The summed E-state index contributed by atoms with van der Waals surface area (Å²) in [4.78, 5) is 23.3. The van der Waals surface area contributed by atoms with E-state index in [0.717, 1.165) is 10.0 Å². The zero-order valence-electron chi connectivity index (χ0n) is 12.0. The Labute approximate surface area is 150 Å². The SMILES string of the molecule is O=C(COc1ccc(Br)cc1Br)NC(=O)NCc1ccccc1. The van der Waals surface area contributed by atoms with Crippen molar-refractivity contribution >= 4 is 43.8 Å². The summed E-state index contributed by atoms with van der Waals surface area (Å²) in [7, 11) is 0. The zero-order valence-corrected chi connectivity index (χ0v) is 15.2. The summed E-state index contributed by atoms with van der Waals surface area (Å²) in [5, 5.41) is 4.82. The molecule has 2 rings (SSSR count). The number of imide groups is 1. The molecule has 0 spiro atoms. The van der Waals surface area contributed by atoms with Crippen molar-refractivity contribution in [2.24, 2.45) is 0 Å². The highest BCUT2D eigenvalue weighted by Crippen LogP contribution is 2.27. The fraction of sp³-hybridized carbons (Fsp3) is 0.125. The number of rotatable bonds is 5. The third kappa shape index (κ3) is 6.03. The summed E-state index contributed by atoms with van der Waals surface area (Å²) in [5.74, 6) is -0.00146. The number of hydrogen-bond donors (Lipinski definition) is 2. The van der Waals surface area contributed by atoms with Crippen LogP contribution in [0.25, 0.3) is 0 Å². The summed E-state index contributed by atoms with van der Waals surface area (Å²) in [6, 6.07) is 14.2. The highest BCUT2D eigenvalue weighted by Gasteiger charge is 2.09. The van der Waals surface area contributed by atoms with Crippen molar-refractivity contribution in [1.82, 2.24) is 10.6 Å². The molecule has 0 heterocycles. The molecule has 0 bridgehead atoms. The summed E-state index contributed by atoms with van der Waals surface area (Å²) in [6.45, 7) is 0.0953. The average molecular weight is 442 g/mol. The molecule has 2 N–H and O–H groups in total. The molecule has 120 valence electrons. The first-order valence-corrected chi connectivity index (χ1v) is 8.32. The molecule has 7 heteroatoms. The van der Waals surface area contributed by atoms with Crippen molar-refractivity contribution in [2.45, 2.75) is 6.54 Å². The zero-order chi connectivity index (χ0) is 16.7. The minimum Gasteiger partial charge on any atom is -0.483 e. The highest BCUT2D eigenvalue weighted by molar-refractivity contribution is 9.11. The second-order valence-corrected chi connectivity index (χ2v) is 6.35. The monoisotopic (exact) mass is 440 g/mol. The van der Waals surface area contributed by atoms with Gasteiger partial charge in [0.25, 0.3) is 5.91 Å². The van der Waals surface area contributed by atoms with Crippen LogP contribution in [0.5, 0.6) is 5.75 Å². The van der Waals surface area contributed by atoms with Gasteiger partial charge in [0.15, 0.2) is 6.61 Å². The van der Waals surface area contributed by atoms with Gasteiger partial charge >= 0.3 is 6.03 Å². The van der Waals surface area contributed by atoms with E-state index < -0.39 is 11.9 Å². The van der Waals surface area contributed by atoms with Gasteiger partial charge in [-0.25, -0.2) is 4.79 Å². The van der Waals surface area contributed by atoms with Crippen LogP contribution >= 0.6 is 31.9 Å². The largest absolute Gasteiger partial charge is 0.483 e. The van der Waals surface area contributed by atoms with Crippen LogP contribution in [0.1, 0.15) is 5.56 Å². The Morgan fingerprint density at radius 1 is 1.04 bits per heavy atom. The Morgan fingerprint density at radius 2 is 1.78 bits per heavy atom. The maximum absolute atomic E-state index is 11.7. The maximum atomic E-state index is 11.7. The average Bonchev–Trinajstić information content (AvgIpc) is 2.53. The molecule has 2 aromatic carbocycles. The van der Waals surface area contributed by atoms with Crippen molar-refractivity contribution < 1.29 is 14.3 Å². The van der Waals surface area contributed by atoms with Crippen LogP contribution in [-0.2, 0) is 11.3 Å². The summed E-state index contributed by atoms with van der Waals surface area (Å²) >= 11 is 6.66. The van der Waals surface area contributed by atoms with Gasteiger partial charge in [0.2, 0.25) is 0 Å². The lowest BCUT2D eigenvalue weighted by Crippen LogP contribution is -2.41. The molecule has 23 heavy (non-hydrogen) atoms. The molecule has 0 aliphatic rings. The number of carbonyl (C=O) groups excluding carboxylic acids is 2. The molecule has 0 fully saturated rings. The number of carbonyl (C=O) groups is 2. The fourth-order valence-corrected chi connectivity index (χ4v) is 2.88. The first kappa shape index (κ1) is 17.5. The minimum atomic E-state index is -0.558. The first-order valence-electron chi connectivity index (χ1n) is 6.74. The molecule has 0 radical (unpaired) electrons. The third-order valence-corrected chi connectivity index (χ3v) is 3.91. The minimum absolute atomic E-state index is 0.251. The van der Waals surface area contributed by atoms with E-state index in [-0.39, 0.29) is 6.61 Å². The quantitative estimate of drug-likeness (QED) is 0.744. The smallest absolute Gasteiger partial charge is 0.321 e. The normalized spacial score (nSPS) is 10.0. The van der Waals surface area contributed by atoms with E-state index in [4.69, 9.17) is 4.74 Å². The van der Waals surface area contributed by atoms with Gasteiger partial charge in [0.1, 0.15) is 5.75 Å². The number of urea groups is 1. The lowest BCUT2D eigenvalue weighted by Gasteiger charge is -2.09. The van der Waals surface area contributed by atoms with E-state index >= 15 is 0 Å². The molecule has 2 aromatic rings. The van der Waals surface area contributed by atoms with Gasteiger partial charge in [-0.3, -0.25) is 10.1 Å². The van der Waals surface area contributed by atoms with Crippen LogP contribution in [0.15, 0.2) is 57.5 Å². The van der Waals surface area contributed by atoms with E-state index in [0.29, 0.717) is 16.8 Å². The number of benzene rings is 2. The van der Waals surface area contributed by atoms with Gasteiger partial charge in [-0.1, -0.05) is 46.3 Å². The summed E-state index contributed by atoms with van der Waals surface area (Å²) in [6.07, 6.45) is 0. The number of hydrogen-bond acceptors (Lipinski definition) is 3. The van der Waals surface area contributed by atoms with Crippen LogP contribution in [0, 0.1) is 0 Å². The molecule has 0 saturated heterocycles. The van der Waals surface area contributed by atoms with Gasteiger partial charge in [-0.2, -0.15) is 0 Å². The number of halogens is 2. The van der Waals surface area contributed by atoms with Gasteiger partial charge in [-0.05, 0) is 39.7 Å². The molecule has 3 amide bonds. The molecule has 0 aliphatic carbocycles. The molecular weight excluding hydrogens is 428 g/mol. The van der Waals surface area contributed by atoms with Crippen LogP contribution in [-0.4, -0.2) is 18.5 Å². The second kappa shape index (κ2) is 8.69. The molecule has 0 saturated carbocycles. The van der Waals surface area contributed by atoms with Crippen molar-refractivity contribution in [3.63, 3.8) is 0 Å². The Balaban J connectivity index is 1.74. The number of ether oxygens (including phenoxy) is 1. The lowest BCUT2D eigenvalue weighted by molar-refractivity contribution is -0.122. The maximum Gasteiger partial charge on any atom is 0.321 e. The lowest BCUT2D eigenvalue weighted by atomic mass is 10.2. The number of nitrogens with one attached hydrogen (secondary N) is 2. The van der Waals surface area contributed by atoms with E-state index in [1.807, 2.05) is 30.3 Å². The molecule has 0 aliphatic heterocycles. The molecule has 0 atom stereocenters. The highest BCUT2D eigenvalue weighted by atomic mass is 79.9. The summed E-state index contributed by atoms with van der Waals surface area (Å²) in [5.41, 5.74) is 0.949. The van der Waals surface area contributed by atoms with Gasteiger partial charge in [-0.15, -0.1) is 0 Å². The van der Waals surface area contributed by atoms with Crippen LogP contribution in [0.2, 0.25) is 0 Å². The third-order valence-electron chi connectivity index (χ3n) is 2.80. The van der Waals surface area contributed by atoms with Crippen LogP contribution in [0.3, 0.4) is 0 Å². The Bertz CT molecular complexity index is 693. The van der Waals surface area contributed by atoms with E-state index in [1.165, 1.54) is 0 Å². The van der Waals surface area contributed by atoms with Gasteiger partial charge < -0.3 is 10.1 Å². The Kier molecular flexibility index (Phi) is 6.61. The van der Waals surface area contributed by atoms with Crippen molar-refractivity contribution in [2.75, 3.05) is 6.61 Å². The molecule has 0 aromatic heterocycles. The van der Waals surface area contributed by atoms with E-state index in [2.05, 4.69) is 42.5 Å². The van der Waals surface area contributed by atoms with Gasteiger partial charge in [0, 0.05) is 11.0 Å². The summed E-state index contributed by atoms with van der Waals surface area (Å²) < 4.78 is 6.96. The van der Waals surface area contributed by atoms with Crippen molar-refractivity contribution in [1.29, 1.82) is 0 Å². The first-order chi connectivity index (χ1) is 11.0. The predicted octanol–water partition coefficient (Wildman–Crippen LogP) is 3.62. The topological polar surface area (TPSA) is 67.4 Å². The number of amides is 3. The van der Waals surface area contributed by atoms with Crippen LogP contribution < -0.4 is 15.4 Å².